The van der Waals surface area contributed by atoms with Crippen molar-refractivity contribution < 1.29 is 0 Å². The molecule has 11 aromatic rings. The molecule has 0 aromatic heterocycles. The molecule has 0 aliphatic heterocycles. The Hall–Kier alpha value is -6.24. The van der Waals surface area contributed by atoms with Crippen LogP contribution in [-0.2, 0) is 0 Å². The molecule has 0 atom stereocenters. The van der Waals surface area contributed by atoms with Gasteiger partial charge in [0.2, 0.25) is 0 Å². The van der Waals surface area contributed by atoms with E-state index in [9.17, 15) is 0 Å². The minimum atomic E-state index is 1.24. The highest BCUT2D eigenvalue weighted by atomic mass is 14.2. The third kappa shape index (κ3) is 3.72. The second kappa shape index (κ2) is 9.64. The van der Waals surface area contributed by atoms with E-state index < -0.39 is 0 Å². The Bertz CT molecular complexity index is 3040. The first-order chi connectivity index (χ1) is 23.7. The van der Waals surface area contributed by atoms with Crippen LogP contribution in [0.4, 0.5) is 0 Å². The zero-order chi connectivity index (χ0) is 31.3. The summed E-state index contributed by atoms with van der Waals surface area (Å²) in [6.45, 7) is 0. The smallest absolute Gasteiger partial charge is 0.00264 e. The van der Waals surface area contributed by atoms with E-state index in [4.69, 9.17) is 0 Å². The highest BCUT2D eigenvalue weighted by Gasteiger charge is 2.12. The van der Waals surface area contributed by atoms with Crippen LogP contribution in [0.5, 0.6) is 0 Å². The minimum Gasteiger partial charge on any atom is -0.0616 e. The average Bonchev–Trinajstić information content (AvgIpc) is 3.15. The highest BCUT2D eigenvalue weighted by Crippen LogP contribution is 2.39. The molecule has 48 heavy (non-hydrogen) atoms. The molecule has 0 N–H and O–H groups in total. The van der Waals surface area contributed by atoms with Gasteiger partial charge in [-0.05, 0) is 139 Å². The van der Waals surface area contributed by atoms with Gasteiger partial charge in [-0.3, -0.25) is 0 Å². The molecule has 0 heterocycles. The van der Waals surface area contributed by atoms with Gasteiger partial charge in [-0.2, -0.15) is 0 Å². The molecule has 0 aliphatic carbocycles. The van der Waals surface area contributed by atoms with E-state index in [1.165, 1.54) is 108 Å². The Kier molecular flexibility index (Phi) is 5.20. The molecule has 0 bridgehead atoms. The van der Waals surface area contributed by atoms with Gasteiger partial charge in [0, 0.05) is 0 Å². The Balaban J connectivity index is 1.01. The minimum absolute atomic E-state index is 1.24. The van der Waals surface area contributed by atoms with Crippen LogP contribution in [0, 0.1) is 0 Å². The van der Waals surface area contributed by atoms with Gasteiger partial charge in [0.05, 0.1) is 0 Å². The second-order valence-electron chi connectivity index (χ2n) is 13.3. The predicted octanol–water partition coefficient (Wildman–Crippen LogP) is 13.7. The highest BCUT2D eigenvalue weighted by molar-refractivity contribution is 6.24. The summed E-state index contributed by atoms with van der Waals surface area (Å²) in [5, 5.41) is 20.8. The van der Waals surface area contributed by atoms with Crippen LogP contribution in [0.1, 0.15) is 0 Å². The fraction of sp³-hybridized carbons (Fsp3) is 0. The molecule has 0 radical (unpaired) electrons. The normalized spacial score (nSPS) is 12.2. The van der Waals surface area contributed by atoms with Crippen molar-refractivity contribution in [3.05, 3.63) is 170 Å². The van der Waals surface area contributed by atoms with E-state index in [0.29, 0.717) is 0 Å². The Morgan fingerprint density at radius 3 is 1.29 bits per heavy atom. The summed E-state index contributed by atoms with van der Waals surface area (Å²) < 4.78 is 0. The molecule has 0 aliphatic rings. The van der Waals surface area contributed by atoms with Gasteiger partial charge in [0.25, 0.3) is 0 Å². The number of fused-ring (bicyclic) bond motifs is 8. The van der Waals surface area contributed by atoms with Gasteiger partial charge in [-0.1, -0.05) is 140 Å². The molecule has 11 aromatic carbocycles. The summed E-state index contributed by atoms with van der Waals surface area (Å²) in [5.74, 6) is 0. The Labute approximate surface area is 277 Å². The van der Waals surface area contributed by atoms with Crippen molar-refractivity contribution in [3.63, 3.8) is 0 Å². The van der Waals surface area contributed by atoms with Crippen molar-refractivity contribution in [2.45, 2.75) is 0 Å². The lowest BCUT2D eigenvalue weighted by molar-refractivity contribution is 1.68. The van der Waals surface area contributed by atoms with E-state index >= 15 is 0 Å². The van der Waals surface area contributed by atoms with Crippen molar-refractivity contribution in [1.29, 1.82) is 0 Å². The molecule has 0 heteroatoms. The lowest BCUT2D eigenvalue weighted by atomic mass is 9.90. The number of rotatable bonds is 2. The zero-order valence-electron chi connectivity index (χ0n) is 26.2. The first kappa shape index (κ1) is 25.9. The SMILES string of the molecule is c1ccc2c(c1)ccc1c3cc(-c4ccc5c(ccc6cc(-c7cc8ccc9cccc%10ccc(c7)c8c9%10)ccc65)c4)ccc3ccc21. The van der Waals surface area contributed by atoms with E-state index in [-0.39, 0.29) is 0 Å². The first-order valence-electron chi connectivity index (χ1n) is 16.7. The fourth-order valence-electron chi connectivity index (χ4n) is 8.35. The lowest BCUT2D eigenvalue weighted by Gasteiger charge is -2.13. The van der Waals surface area contributed by atoms with Crippen LogP contribution in [0.15, 0.2) is 170 Å². The topological polar surface area (TPSA) is 0 Å². The van der Waals surface area contributed by atoms with Gasteiger partial charge >= 0.3 is 0 Å². The van der Waals surface area contributed by atoms with Crippen LogP contribution < -0.4 is 0 Å². The molecule has 0 nitrogen and oxygen atoms in total. The average molecular weight is 605 g/mol. The third-order valence-corrected chi connectivity index (χ3v) is 10.7. The Morgan fingerprint density at radius 2 is 0.583 bits per heavy atom. The largest absolute Gasteiger partial charge is 0.0616 e. The van der Waals surface area contributed by atoms with Gasteiger partial charge in [-0.25, -0.2) is 0 Å². The maximum Gasteiger partial charge on any atom is -0.00264 e. The Morgan fingerprint density at radius 1 is 0.188 bits per heavy atom. The summed E-state index contributed by atoms with van der Waals surface area (Å²) in [7, 11) is 0. The second-order valence-corrected chi connectivity index (χ2v) is 13.3. The van der Waals surface area contributed by atoms with Gasteiger partial charge < -0.3 is 0 Å². The zero-order valence-corrected chi connectivity index (χ0v) is 26.2. The van der Waals surface area contributed by atoms with Gasteiger partial charge in [0.15, 0.2) is 0 Å². The van der Waals surface area contributed by atoms with Crippen LogP contribution in [0.3, 0.4) is 0 Å². The van der Waals surface area contributed by atoms with Crippen LogP contribution in [-0.4, -0.2) is 0 Å². The summed E-state index contributed by atoms with van der Waals surface area (Å²) in [4.78, 5) is 0. The summed E-state index contributed by atoms with van der Waals surface area (Å²) in [6.07, 6.45) is 0. The quantitative estimate of drug-likeness (QED) is 0.172. The van der Waals surface area contributed by atoms with Crippen LogP contribution in [0.2, 0.25) is 0 Å². The molecule has 0 fully saturated rings. The van der Waals surface area contributed by atoms with Crippen molar-refractivity contribution in [3.8, 4) is 22.3 Å². The molecule has 0 unspecified atom stereocenters. The van der Waals surface area contributed by atoms with E-state index in [2.05, 4.69) is 170 Å². The summed E-state index contributed by atoms with van der Waals surface area (Å²) >= 11 is 0. The number of hydrogen-bond acceptors (Lipinski definition) is 0. The molecular weight excluding hydrogens is 577 g/mol. The van der Waals surface area contributed by atoms with Gasteiger partial charge in [-0.15, -0.1) is 0 Å². The van der Waals surface area contributed by atoms with Crippen molar-refractivity contribution in [2.75, 3.05) is 0 Å². The molecule has 220 valence electrons. The number of hydrogen-bond donors (Lipinski definition) is 0. The summed E-state index contributed by atoms with van der Waals surface area (Å²) in [5.41, 5.74) is 5.00. The van der Waals surface area contributed by atoms with E-state index in [0.717, 1.165) is 0 Å². The maximum atomic E-state index is 2.37. The molecule has 0 spiro atoms. The first-order valence-corrected chi connectivity index (χ1v) is 16.7. The van der Waals surface area contributed by atoms with E-state index in [1.807, 2.05) is 0 Å². The standard InChI is InChI=1S/C48H28/c1-2-7-41-29(4-1)16-23-45-44(41)22-17-30-8-11-35(28-46(30)45)33-18-20-42-36(24-33)12-13-37-25-34(19-21-43(37)42)40-26-38-14-9-31-5-3-6-32-10-15-39(27-40)48(38)47(31)32/h1-28H. The predicted molar refractivity (Wildman–Crippen MR) is 209 cm³/mol. The fourth-order valence-corrected chi connectivity index (χ4v) is 8.35. The molecule has 0 saturated heterocycles. The van der Waals surface area contributed by atoms with E-state index in [1.54, 1.807) is 0 Å². The number of benzene rings is 11. The van der Waals surface area contributed by atoms with Crippen molar-refractivity contribution >= 4 is 86.2 Å². The van der Waals surface area contributed by atoms with Crippen molar-refractivity contribution in [1.82, 2.24) is 0 Å². The molecular formula is C48H28. The van der Waals surface area contributed by atoms with Crippen LogP contribution in [0.25, 0.3) is 108 Å². The van der Waals surface area contributed by atoms with Gasteiger partial charge in [0.1, 0.15) is 0 Å². The third-order valence-electron chi connectivity index (χ3n) is 10.7. The van der Waals surface area contributed by atoms with Crippen LogP contribution >= 0.6 is 0 Å². The molecule has 0 amide bonds. The summed E-state index contributed by atoms with van der Waals surface area (Å²) in [6, 6.07) is 63.5. The maximum absolute atomic E-state index is 2.37. The molecule has 11 rings (SSSR count). The lowest BCUT2D eigenvalue weighted by Crippen LogP contribution is -1.87. The molecule has 0 saturated carbocycles. The van der Waals surface area contributed by atoms with Crippen molar-refractivity contribution in [2.24, 2.45) is 0 Å². The monoisotopic (exact) mass is 604 g/mol.